The van der Waals surface area contributed by atoms with Gasteiger partial charge in [-0.05, 0) is 36.1 Å². The highest BCUT2D eigenvalue weighted by atomic mass is 16.3. The van der Waals surface area contributed by atoms with Gasteiger partial charge in [0.25, 0.3) is 0 Å². The summed E-state index contributed by atoms with van der Waals surface area (Å²) in [6.07, 6.45) is 0.780. The SMILES string of the molecule is Cc1c(C#N)c2c(c(C)c1C=O)C(O)C2. The topological polar surface area (TPSA) is 61.1 Å². The Morgan fingerprint density at radius 2 is 2.13 bits per heavy atom. The van der Waals surface area contributed by atoms with Crippen molar-refractivity contribution in [2.45, 2.75) is 26.4 Å². The lowest BCUT2D eigenvalue weighted by atomic mass is 9.76. The fraction of sp³-hybridized carbons (Fsp3) is 0.333. The molecule has 0 amide bonds. The maximum absolute atomic E-state index is 10.9. The van der Waals surface area contributed by atoms with Crippen LogP contribution in [0.15, 0.2) is 0 Å². The van der Waals surface area contributed by atoms with E-state index < -0.39 is 6.10 Å². The van der Waals surface area contributed by atoms with Crippen LogP contribution >= 0.6 is 0 Å². The Labute approximate surface area is 88.0 Å². The molecule has 3 heteroatoms. The second-order valence-corrected chi connectivity index (χ2v) is 3.88. The Bertz CT molecular complexity index is 498. The molecule has 1 atom stereocenters. The lowest BCUT2D eigenvalue weighted by Crippen LogP contribution is -2.22. The van der Waals surface area contributed by atoms with Crippen molar-refractivity contribution in [1.82, 2.24) is 0 Å². The van der Waals surface area contributed by atoms with E-state index in [1.165, 1.54) is 0 Å². The molecule has 0 spiro atoms. The molecular weight excluding hydrogens is 190 g/mol. The van der Waals surface area contributed by atoms with Gasteiger partial charge in [0, 0.05) is 12.0 Å². The minimum absolute atomic E-state index is 0.508. The molecule has 0 aromatic heterocycles. The summed E-state index contributed by atoms with van der Waals surface area (Å²) in [5.41, 5.74) is 4.34. The number of aldehydes is 1. The van der Waals surface area contributed by atoms with Crippen LogP contribution in [0.25, 0.3) is 0 Å². The Balaban J connectivity index is 2.83. The summed E-state index contributed by atoms with van der Waals surface area (Å²) < 4.78 is 0. The maximum atomic E-state index is 10.9. The van der Waals surface area contributed by atoms with Crippen molar-refractivity contribution in [3.63, 3.8) is 0 Å². The molecule has 76 valence electrons. The summed E-state index contributed by atoms with van der Waals surface area (Å²) in [7, 11) is 0. The molecule has 0 saturated heterocycles. The van der Waals surface area contributed by atoms with Crippen molar-refractivity contribution in [2.75, 3.05) is 0 Å². The third kappa shape index (κ3) is 1.12. The number of rotatable bonds is 1. The molecule has 15 heavy (non-hydrogen) atoms. The van der Waals surface area contributed by atoms with Crippen molar-refractivity contribution >= 4 is 6.29 Å². The third-order valence-electron chi connectivity index (χ3n) is 3.17. The maximum Gasteiger partial charge on any atom is 0.150 e. The Kier molecular flexibility index (Phi) is 2.09. The van der Waals surface area contributed by atoms with Crippen molar-refractivity contribution < 1.29 is 9.90 Å². The molecule has 1 aliphatic carbocycles. The van der Waals surface area contributed by atoms with Gasteiger partial charge in [0.15, 0.2) is 6.29 Å². The number of fused-ring (bicyclic) bond motifs is 1. The number of carbonyl (C=O) groups is 1. The second kappa shape index (κ2) is 3.18. The number of carbonyl (C=O) groups excluding carboxylic acids is 1. The average Bonchev–Trinajstić information content (AvgIpc) is 2.17. The predicted octanol–water partition coefficient (Wildman–Crippen LogP) is 1.58. The second-order valence-electron chi connectivity index (χ2n) is 3.88. The fourth-order valence-corrected chi connectivity index (χ4v) is 2.30. The molecule has 1 N–H and O–H groups in total. The summed E-state index contributed by atoms with van der Waals surface area (Å²) in [5, 5.41) is 18.6. The number of aliphatic hydroxyl groups is 1. The van der Waals surface area contributed by atoms with Crippen LogP contribution in [0.1, 0.15) is 44.3 Å². The van der Waals surface area contributed by atoms with Gasteiger partial charge in [-0.25, -0.2) is 0 Å². The van der Waals surface area contributed by atoms with E-state index in [4.69, 9.17) is 5.26 Å². The van der Waals surface area contributed by atoms with E-state index in [1.54, 1.807) is 6.92 Å². The summed E-state index contributed by atoms with van der Waals surface area (Å²) >= 11 is 0. The molecule has 1 aromatic rings. The number of hydrogen-bond donors (Lipinski definition) is 1. The molecule has 3 nitrogen and oxygen atoms in total. The lowest BCUT2D eigenvalue weighted by Gasteiger charge is -2.30. The number of hydrogen-bond acceptors (Lipinski definition) is 3. The van der Waals surface area contributed by atoms with Crippen LogP contribution in [0.3, 0.4) is 0 Å². The molecule has 1 unspecified atom stereocenters. The number of nitrogens with zero attached hydrogens (tertiary/aromatic N) is 1. The van der Waals surface area contributed by atoms with Crippen molar-refractivity contribution in [2.24, 2.45) is 0 Å². The quantitative estimate of drug-likeness (QED) is 0.701. The third-order valence-corrected chi connectivity index (χ3v) is 3.17. The van der Waals surface area contributed by atoms with E-state index in [0.29, 0.717) is 17.5 Å². The van der Waals surface area contributed by atoms with Gasteiger partial charge >= 0.3 is 0 Å². The highest BCUT2D eigenvalue weighted by Gasteiger charge is 2.31. The zero-order valence-corrected chi connectivity index (χ0v) is 8.66. The van der Waals surface area contributed by atoms with Gasteiger partial charge in [-0.2, -0.15) is 5.26 Å². The van der Waals surface area contributed by atoms with Crippen molar-refractivity contribution in [1.29, 1.82) is 5.26 Å². The molecule has 0 aliphatic heterocycles. The summed E-state index contributed by atoms with van der Waals surface area (Å²) in [4.78, 5) is 10.9. The molecule has 0 saturated carbocycles. The van der Waals surface area contributed by atoms with Crippen LogP contribution in [0, 0.1) is 25.2 Å². The Morgan fingerprint density at radius 1 is 1.47 bits per heavy atom. The zero-order chi connectivity index (χ0) is 11.2. The standard InChI is InChI=1S/C12H11NO2/c1-6-9(4-13)8-3-11(15)12(8)7(2)10(6)5-14/h5,11,15H,3H2,1-2H3. The fourth-order valence-electron chi connectivity index (χ4n) is 2.30. The van der Waals surface area contributed by atoms with Gasteiger partial charge in [-0.15, -0.1) is 0 Å². The monoisotopic (exact) mass is 201 g/mol. The number of benzene rings is 1. The summed E-state index contributed by atoms with van der Waals surface area (Å²) in [6.45, 7) is 3.60. The number of nitriles is 1. The van der Waals surface area contributed by atoms with Crippen LogP contribution in [-0.2, 0) is 6.42 Å². The Hall–Kier alpha value is -1.66. The molecular formula is C12H11NO2. The highest BCUT2D eigenvalue weighted by molar-refractivity contribution is 5.83. The summed E-state index contributed by atoms with van der Waals surface area (Å²) in [6, 6.07) is 2.11. The molecule has 0 heterocycles. The molecule has 1 aliphatic rings. The zero-order valence-electron chi connectivity index (χ0n) is 8.66. The first-order chi connectivity index (χ1) is 7.11. The van der Waals surface area contributed by atoms with E-state index in [9.17, 15) is 9.90 Å². The van der Waals surface area contributed by atoms with Gasteiger partial charge < -0.3 is 5.11 Å². The van der Waals surface area contributed by atoms with Crippen LogP contribution in [0.5, 0.6) is 0 Å². The van der Waals surface area contributed by atoms with Crippen LogP contribution in [-0.4, -0.2) is 11.4 Å². The first-order valence-electron chi connectivity index (χ1n) is 4.81. The van der Waals surface area contributed by atoms with Crippen LogP contribution in [0.4, 0.5) is 0 Å². The summed E-state index contributed by atoms with van der Waals surface area (Å²) in [5.74, 6) is 0. The smallest absolute Gasteiger partial charge is 0.150 e. The van der Waals surface area contributed by atoms with E-state index in [-0.39, 0.29) is 0 Å². The minimum atomic E-state index is -0.508. The lowest BCUT2D eigenvalue weighted by molar-refractivity contribution is 0.112. The average molecular weight is 201 g/mol. The normalized spacial score (nSPS) is 17.6. The first-order valence-corrected chi connectivity index (χ1v) is 4.81. The molecule has 0 fully saturated rings. The first kappa shape index (κ1) is 9.88. The largest absolute Gasteiger partial charge is 0.388 e. The van der Waals surface area contributed by atoms with E-state index >= 15 is 0 Å². The minimum Gasteiger partial charge on any atom is -0.388 e. The van der Waals surface area contributed by atoms with Gasteiger partial charge in [-0.3, -0.25) is 4.79 Å². The molecule has 1 aromatic carbocycles. The molecule has 0 bridgehead atoms. The van der Waals surface area contributed by atoms with Crippen LogP contribution < -0.4 is 0 Å². The van der Waals surface area contributed by atoms with Gasteiger partial charge in [0.1, 0.15) is 0 Å². The molecule has 0 radical (unpaired) electrons. The Morgan fingerprint density at radius 3 is 2.60 bits per heavy atom. The van der Waals surface area contributed by atoms with Gasteiger partial charge in [0.05, 0.1) is 17.7 Å². The van der Waals surface area contributed by atoms with E-state index in [0.717, 1.165) is 28.5 Å². The number of aliphatic hydroxyl groups excluding tert-OH is 1. The van der Waals surface area contributed by atoms with E-state index in [2.05, 4.69) is 6.07 Å². The van der Waals surface area contributed by atoms with E-state index in [1.807, 2.05) is 6.92 Å². The highest BCUT2D eigenvalue weighted by Crippen LogP contribution is 2.40. The predicted molar refractivity (Wildman–Crippen MR) is 54.7 cm³/mol. The van der Waals surface area contributed by atoms with Crippen LogP contribution in [0.2, 0.25) is 0 Å². The van der Waals surface area contributed by atoms with Gasteiger partial charge in [0.2, 0.25) is 0 Å². The van der Waals surface area contributed by atoms with Crippen molar-refractivity contribution in [3.05, 3.63) is 33.4 Å². The van der Waals surface area contributed by atoms with Crippen molar-refractivity contribution in [3.8, 4) is 6.07 Å². The van der Waals surface area contributed by atoms with Gasteiger partial charge in [-0.1, -0.05) is 0 Å². The molecule has 2 rings (SSSR count).